The molecule has 1 aliphatic rings. The maximum atomic E-state index is 8.50. The van der Waals surface area contributed by atoms with E-state index >= 15 is 0 Å². The van der Waals surface area contributed by atoms with Gasteiger partial charge in [-0.25, -0.2) is 0 Å². The van der Waals surface area contributed by atoms with Crippen molar-refractivity contribution in [2.45, 2.75) is 38.3 Å². The number of nitrogens with zero attached hydrogens (tertiary/aromatic N) is 1. The van der Waals surface area contributed by atoms with Crippen molar-refractivity contribution in [2.75, 3.05) is 0 Å². The molecule has 2 heteroatoms. The lowest BCUT2D eigenvalue weighted by atomic mass is 10.0. The molecule has 0 aromatic rings. The summed E-state index contributed by atoms with van der Waals surface area (Å²) in [6, 6.07) is 2.89. The van der Waals surface area contributed by atoms with Crippen LogP contribution in [0.4, 0.5) is 0 Å². The van der Waals surface area contributed by atoms with Crippen molar-refractivity contribution in [2.24, 2.45) is 0 Å². The Bertz CT molecular complexity index is 125. The molecule has 1 fully saturated rings. The molecular formula is C7H12N2. The van der Waals surface area contributed by atoms with Crippen molar-refractivity contribution in [3.8, 4) is 6.07 Å². The molecule has 1 N–H and O–H groups in total. The van der Waals surface area contributed by atoms with Crippen LogP contribution in [0.1, 0.15) is 26.2 Å². The Kier molecular flexibility index (Phi) is 2.07. The van der Waals surface area contributed by atoms with Crippen molar-refractivity contribution in [3.63, 3.8) is 0 Å². The van der Waals surface area contributed by atoms with Crippen LogP contribution in [0.15, 0.2) is 0 Å². The van der Waals surface area contributed by atoms with Crippen molar-refractivity contribution >= 4 is 0 Å². The number of nitriles is 1. The zero-order valence-corrected chi connectivity index (χ0v) is 5.72. The molecule has 0 spiro atoms. The summed E-state index contributed by atoms with van der Waals surface area (Å²) in [7, 11) is 0. The molecular weight excluding hydrogens is 112 g/mol. The van der Waals surface area contributed by atoms with Gasteiger partial charge in [0.05, 0.1) is 12.1 Å². The fourth-order valence-electron chi connectivity index (χ4n) is 1.24. The molecule has 0 aromatic carbocycles. The molecule has 1 heterocycles. The molecule has 1 aliphatic heterocycles. The highest BCUT2D eigenvalue weighted by molar-refractivity contribution is 4.93. The first kappa shape index (κ1) is 6.57. The molecule has 0 unspecified atom stereocenters. The third-order valence-electron chi connectivity index (χ3n) is 1.77. The maximum absolute atomic E-state index is 8.50. The highest BCUT2D eigenvalue weighted by atomic mass is 14.9. The van der Waals surface area contributed by atoms with E-state index in [0.717, 1.165) is 6.42 Å². The molecule has 2 atom stereocenters. The van der Waals surface area contributed by atoms with E-state index in [0.29, 0.717) is 6.04 Å². The highest BCUT2D eigenvalue weighted by Gasteiger charge is 2.15. The molecule has 1 rings (SSSR count). The van der Waals surface area contributed by atoms with Crippen molar-refractivity contribution in [1.82, 2.24) is 5.32 Å². The third-order valence-corrected chi connectivity index (χ3v) is 1.77. The minimum atomic E-state index is 0.119. The first-order valence-corrected chi connectivity index (χ1v) is 3.48. The van der Waals surface area contributed by atoms with Gasteiger partial charge in [0.1, 0.15) is 0 Å². The minimum absolute atomic E-state index is 0.119. The first-order valence-electron chi connectivity index (χ1n) is 3.48. The van der Waals surface area contributed by atoms with Crippen LogP contribution in [0, 0.1) is 11.3 Å². The van der Waals surface area contributed by atoms with Crippen LogP contribution < -0.4 is 5.32 Å². The maximum Gasteiger partial charge on any atom is 0.0955 e. The average molecular weight is 124 g/mol. The average Bonchev–Trinajstić information content (AvgIpc) is 1.88. The van der Waals surface area contributed by atoms with Gasteiger partial charge >= 0.3 is 0 Å². The van der Waals surface area contributed by atoms with E-state index in [4.69, 9.17) is 5.26 Å². The normalized spacial score (nSPS) is 35.6. The minimum Gasteiger partial charge on any atom is -0.299 e. The van der Waals surface area contributed by atoms with E-state index in [1.165, 1.54) is 12.8 Å². The summed E-state index contributed by atoms with van der Waals surface area (Å²) in [5.41, 5.74) is 0. The molecule has 0 aliphatic carbocycles. The van der Waals surface area contributed by atoms with Gasteiger partial charge in [-0.1, -0.05) is 0 Å². The summed E-state index contributed by atoms with van der Waals surface area (Å²) >= 11 is 0. The van der Waals surface area contributed by atoms with Crippen LogP contribution in [-0.2, 0) is 0 Å². The van der Waals surface area contributed by atoms with Gasteiger partial charge in [-0.05, 0) is 26.2 Å². The standard InChI is InChI=1S/C7H12N2/c1-6-3-2-4-7(5-8)9-6/h6-7,9H,2-4H2,1H3/t6-,7-/m1/s1. The second-order valence-corrected chi connectivity index (χ2v) is 2.68. The van der Waals surface area contributed by atoms with Gasteiger partial charge in [0.2, 0.25) is 0 Å². The molecule has 0 saturated carbocycles. The van der Waals surface area contributed by atoms with Crippen LogP contribution in [0.3, 0.4) is 0 Å². The second kappa shape index (κ2) is 2.84. The Labute approximate surface area is 55.9 Å². The summed E-state index contributed by atoms with van der Waals surface area (Å²) in [5, 5.41) is 11.7. The zero-order valence-electron chi connectivity index (χ0n) is 5.72. The van der Waals surface area contributed by atoms with Gasteiger partial charge in [-0.3, -0.25) is 5.32 Å². The Morgan fingerprint density at radius 3 is 2.78 bits per heavy atom. The summed E-state index contributed by atoms with van der Waals surface area (Å²) < 4.78 is 0. The molecule has 0 aromatic heterocycles. The van der Waals surface area contributed by atoms with Crippen LogP contribution in [0.5, 0.6) is 0 Å². The molecule has 1 saturated heterocycles. The molecule has 9 heavy (non-hydrogen) atoms. The Hall–Kier alpha value is -0.550. The van der Waals surface area contributed by atoms with Gasteiger partial charge in [0.25, 0.3) is 0 Å². The summed E-state index contributed by atoms with van der Waals surface area (Å²) in [6.45, 7) is 2.13. The lowest BCUT2D eigenvalue weighted by molar-refractivity contribution is 0.380. The summed E-state index contributed by atoms with van der Waals surface area (Å²) in [5.74, 6) is 0. The predicted octanol–water partition coefficient (Wildman–Crippen LogP) is 1.04. The Morgan fingerprint density at radius 1 is 1.56 bits per heavy atom. The smallest absolute Gasteiger partial charge is 0.0955 e. The fourth-order valence-corrected chi connectivity index (χ4v) is 1.24. The van der Waals surface area contributed by atoms with Crippen molar-refractivity contribution < 1.29 is 0 Å². The van der Waals surface area contributed by atoms with E-state index in [-0.39, 0.29) is 6.04 Å². The summed E-state index contributed by atoms with van der Waals surface area (Å²) in [4.78, 5) is 0. The lowest BCUT2D eigenvalue weighted by Gasteiger charge is -2.23. The first-order chi connectivity index (χ1) is 4.33. The molecule has 2 nitrogen and oxygen atoms in total. The van der Waals surface area contributed by atoms with E-state index in [1.54, 1.807) is 0 Å². The molecule has 0 radical (unpaired) electrons. The quantitative estimate of drug-likeness (QED) is 0.523. The molecule has 0 amide bonds. The number of rotatable bonds is 0. The lowest BCUT2D eigenvalue weighted by Crippen LogP contribution is -2.39. The summed E-state index contributed by atoms with van der Waals surface area (Å²) in [6.07, 6.45) is 3.45. The number of hydrogen-bond donors (Lipinski definition) is 1. The monoisotopic (exact) mass is 124 g/mol. The Balaban J connectivity index is 2.34. The van der Waals surface area contributed by atoms with Gasteiger partial charge in [0, 0.05) is 6.04 Å². The van der Waals surface area contributed by atoms with E-state index in [2.05, 4.69) is 18.3 Å². The van der Waals surface area contributed by atoms with Crippen molar-refractivity contribution in [3.05, 3.63) is 0 Å². The van der Waals surface area contributed by atoms with Gasteiger partial charge in [0.15, 0.2) is 0 Å². The largest absolute Gasteiger partial charge is 0.299 e. The molecule has 50 valence electrons. The van der Waals surface area contributed by atoms with Crippen LogP contribution in [0.2, 0.25) is 0 Å². The topological polar surface area (TPSA) is 35.8 Å². The van der Waals surface area contributed by atoms with Crippen LogP contribution >= 0.6 is 0 Å². The zero-order chi connectivity index (χ0) is 6.69. The SMILES string of the molecule is C[C@@H]1CCC[C@H](C#N)N1. The fraction of sp³-hybridized carbons (Fsp3) is 0.857. The molecule has 0 bridgehead atoms. The van der Waals surface area contributed by atoms with Gasteiger partial charge in [-0.15, -0.1) is 0 Å². The van der Waals surface area contributed by atoms with E-state index in [1.807, 2.05) is 0 Å². The van der Waals surface area contributed by atoms with E-state index < -0.39 is 0 Å². The Morgan fingerprint density at radius 2 is 2.33 bits per heavy atom. The van der Waals surface area contributed by atoms with Crippen LogP contribution in [-0.4, -0.2) is 12.1 Å². The van der Waals surface area contributed by atoms with Gasteiger partial charge in [-0.2, -0.15) is 5.26 Å². The van der Waals surface area contributed by atoms with E-state index in [9.17, 15) is 0 Å². The second-order valence-electron chi connectivity index (χ2n) is 2.68. The van der Waals surface area contributed by atoms with Crippen LogP contribution in [0.25, 0.3) is 0 Å². The number of nitrogens with one attached hydrogen (secondary N) is 1. The predicted molar refractivity (Wildman–Crippen MR) is 35.8 cm³/mol. The number of hydrogen-bond acceptors (Lipinski definition) is 2. The highest BCUT2D eigenvalue weighted by Crippen LogP contribution is 2.10. The third kappa shape index (κ3) is 1.69. The van der Waals surface area contributed by atoms with Crippen molar-refractivity contribution in [1.29, 1.82) is 5.26 Å². The van der Waals surface area contributed by atoms with Gasteiger partial charge < -0.3 is 0 Å². The number of piperidine rings is 1.